The number of pyridine rings is 1. The van der Waals surface area contributed by atoms with E-state index in [1.807, 2.05) is 26.0 Å². The molecular formula is C23H25ClFN3O4. The van der Waals surface area contributed by atoms with Crippen LogP contribution in [0.1, 0.15) is 37.6 Å². The minimum absolute atomic E-state index is 0.0325. The van der Waals surface area contributed by atoms with Gasteiger partial charge in [-0.05, 0) is 56.9 Å². The zero-order valence-electron chi connectivity index (χ0n) is 17.9. The number of hydrogen-bond donors (Lipinski definition) is 2. The van der Waals surface area contributed by atoms with Crippen LogP contribution in [0.25, 0.3) is 0 Å². The molecule has 2 bridgehead atoms. The molecule has 0 spiro atoms. The summed E-state index contributed by atoms with van der Waals surface area (Å²) in [5.74, 6) is -0.715. The number of carbonyl (C=O) groups is 2. The number of halogens is 2. The van der Waals surface area contributed by atoms with Gasteiger partial charge in [-0.15, -0.1) is 0 Å². The van der Waals surface area contributed by atoms with Crippen molar-refractivity contribution in [2.75, 3.05) is 6.61 Å². The highest BCUT2D eigenvalue weighted by Crippen LogP contribution is 2.69. The third-order valence-corrected chi connectivity index (χ3v) is 6.51. The van der Waals surface area contributed by atoms with Crippen LogP contribution in [0.2, 0.25) is 5.02 Å². The molecule has 3 fully saturated rings. The Hall–Kier alpha value is -2.87. The number of primary amides is 1. The van der Waals surface area contributed by atoms with Gasteiger partial charge in [0.15, 0.2) is 12.7 Å². The molecule has 0 saturated heterocycles. The van der Waals surface area contributed by atoms with E-state index in [1.165, 1.54) is 12.1 Å². The number of nitrogens with two attached hydrogens (primary N) is 1. The van der Waals surface area contributed by atoms with E-state index in [0.29, 0.717) is 31.4 Å². The van der Waals surface area contributed by atoms with Crippen LogP contribution in [0.4, 0.5) is 4.39 Å². The van der Waals surface area contributed by atoms with Gasteiger partial charge in [-0.25, -0.2) is 4.39 Å². The Morgan fingerprint density at radius 2 is 2.00 bits per heavy atom. The van der Waals surface area contributed by atoms with E-state index < -0.39 is 23.2 Å². The molecule has 1 aromatic heterocycles. The second kappa shape index (κ2) is 8.24. The maximum absolute atomic E-state index is 13.7. The molecule has 2 amide bonds. The Morgan fingerprint density at radius 3 is 2.62 bits per heavy atom. The molecule has 7 nitrogen and oxygen atoms in total. The topological polar surface area (TPSA) is 104 Å². The molecule has 0 radical (unpaired) electrons. The average Bonchev–Trinajstić information content (AvgIpc) is 2.69. The molecular weight excluding hydrogens is 437 g/mol. The standard InChI is InChI=1S/C23H25ClFN3O4/c1-3-17-18(7-4-13(2)27-17)31-9-19(29)28-23-10-22(11-23,12-23)20(21(26)30)32-14-5-6-15(24)16(25)8-14/h4-8,20H,3,9-12H2,1-2H3,(H2,26,30)(H,28,29). The van der Waals surface area contributed by atoms with Crippen molar-refractivity contribution in [3.8, 4) is 11.5 Å². The second-order valence-electron chi connectivity index (χ2n) is 8.74. The van der Waals surface area contributed by atoms with E-state index in [0.717, 1.165) is 17.5 Å². The molecule has 9 heteroatoms. The van der Waals surface area contributed by atoms with Gasteiger partial charge in [-0.2, -0.15) is 0 Å². The minimum atomic E-state index is -0.913. The minimum Gasteiger partial charge on any atom is -0.482 e. The molecule has 0 aliphatic heterocycles. The Kier molecular flexibility index (Phi) is 5.75. The number of aryl methyl sites for hydroxylation is 2. The highest BCUT2D eigenvalue weighted by Gasteiger charge is 2.73. The number of aromatic nitrogens is 1. The number of nitrogens with one attached hydrogen (secondary N) is 1. The van der Waals surface area contributed by atoms with Crippen molar-refractivity contribution in [3.63, 3.8) is 0 Å². The predicted molar refractivity (Wildman–Crippen MR) is 116 cm³/mol. The highest BCUT2D eigenvalue weighted by atomic mass is 35.5. The van der Waals surface area contributed by atoms with Crippen LogP contribution in [0.15, 0.2) is 30.3 Å². The number of nitrogens with zero attached hydrogens (tertiary/aromatic N) is 1. The summed E-state index contributed by atoms with van der Waals surface area (Å²) in [6.07, 6.45) is 1.46. The summed E-state index contributed by atoms with van der Waals surface area (Å²) in [7, 11) is 0. The Bertz CT molecular complexity index is 1060. The van der Waals surface area contributed by atoms with E-state index in [-0.39, 0.29) is 28.8 Å². The van der Waals surface area contributed by atoms with Crippen LogP contribution < -0.4 is 20.5 Å². The molecule has 3 saturated carbocycles. The molecule has 3 aliphatic rings. The van der Waals surface area contributed by atoms with E-state index in [2.05, 4.69) is 10.3 Å². The van der Waals surface area contributed by atoms with Gasteiger partial charge in [0.25, 0.3) is 11.8 Å². The fraction of sp³-hybridized carbons (Fsp3) is 0.435. The zero-order valence-corrected chi connectivity index (χ0v) is 18.7. The number of ether oxygens (including phenoxy) is 2. The SMILES string of the molecule is CCc1nc(C)ccc1OCC(=O)NC12CC(C(Oc3ccc(Cl)c(F)c3)C(N)=O)(C1)C2. The third-order valence-electron chi connectivity index (χ3n) is 6.20. The summed E-state index contributed by atoms with van der Waals surface area (Å²) in [5, 5.41) is 2.97. The summed E-state index contributed by atoms with van der Waals surface area (Å²) >= 11 is 5.70. The fourth-order valence-electron chi connectivity index (χ4n) is 4.91. The number of carbonyl (C=O) groups excluding carboxylic acids is 2. The Morgan fingerprint density at radius 1 is 1.28 bits per heavy atom. The summed E-state index contributed by atoms with van der Waals surface area (Å²) in [4.78, 5) is 28.9. The molecule has 3 aliphatic carbocycles. The van der Waals surface area contributed by atoms with Gasteiger partial charge < -0.3 is 20.5 Å². The lowest BCUT2D eigenvalue weighted by Gasteiger charge is -2.71. The number of benzene rings is 1. The second-order valence-corrected chi connectivity index (χ2v) is 9.14. The molecule has 1 unspecified atom stereocenters. The first-order valence-electron chi connectivity index (χ1n) is 10.5. The first-order valence-corrected chi connectivity index (χ1v) is 10.8. The molecule has 1 aromatic carbocycles. The summed E-state index contributed by atoms with van der Waals surface area (Å²) in [6, 6.07) is 7.64. The lowest BCUT2D eigenvalue weighted by molar-refractivity contribution is -0.208. The highest BCUT2D eigenvalue weighted by molar-refractivity contribution is 6.30. The van der Waals surface area contributed by atoms with Gasteiger partial charge >= 0.3 is 0 Å². The zero-order chi connectivity index (χ0) is 23.1. The van der Waals surface area contributed by atoms with Gasteiger partial charge in [-0.1, -0.05) is 18.5 Å². The molecule has 5 rings (SSSR count). The van der Waals surface area contributed by atoms with Crippen molar-refractivity contribution >= 4 is 23.4 Å². The van der Waals surface area contributed by atoms with E-state index in [1.54, 1.807) is 0 Å². The van der Waals surface area contributed by atoms with Gasteiger partial charge in [0, 0.05) is 22.7 Å². The molecule has 2 aromatic rings. The normalized spacial score (nSPS) is 24.0. The van der Waals surface area contributed by atoms with E-state index >= 15 is 0 Å². The first-order chi connectivity index (χ1) is 15.2. The molecule has 1 atom stereocenters. The predicted octanol–water partition coefficient (Wildman–Crippen LogP) is 3.10. The average molecular weight is 462 g/mol. The summed E-state index contributed by atoms with van der Waals surface area (Å²) < 4.78 is 25.1. The van der Waals surface area contributed by atoms with Crippen LogP contribution in [0.5, 0.6) is 11.5 Å². The van der Waals surface area contributed by atoms with Gasteiger partial charge in [0.05, 0.1) is 10.7 Å². The van der Waals surface area contributed by atoms with Crippen molar-refractivity contribution in [2.24, 2.45) is 11.1 Å². The van der Waals surface area contributed by atoms with Crippen molar-refractivity contribution in [3.05, 3.63) is 52.6 Å². The Labute approximate surface area is 190 Å². The fourth-order valence-corrected chi connectivity index (χ4v) is 5.02. The smallest absolute Gasteiger partial charge is 0.259 e. The quantitative estimate of drug-likeness (QED) is 0.597. The first kappa shape index (κ1) is 22.3. The number of hydrogen-bond acceptors (Lipinski definition) is 5. The van der Waals surface area contributed by atoms with Crippen molar-refractivity contribution < 1.29 is 23.5 Å². The number of rotatable bonds is 9. The lowest BCUT2D eigenvalue weighted by atomic mass is 9.37. The van der Waals surface area contributed by atoms with Crippen molar-refractivity contribution in [1.29, 1.82) is 0 Å². The van der Waals surface area contributed by atoms with E-state index in [9.17, 15) is 14.0 Å². The van der Waals surface area contributed by atoms with Gasteiger partial charge in [0.2, 0.25) is 0 Å². The van der Waals surface area contributed by atoms with E-state index in [4.69, 9.17) is 26.8 Å². The van der Waals surface area contributed by atoms with Crippen LogP contribution in [-0.4, -0.2) is 35.0 Å². The van der Waals surface area contributed by atoms with Crippen LogP contribution in [0, 0.1) is 18.2 Å². The largest absolute Gasteiger partial charge is 0.482 e. The molecule has 3 N–H and O–H groups in total. The maximum atomic E-state index is 13.7. The molecule has 1 heterocycles. The molecule has 170 valence electrons. The number of amides is 2. The third kappa shape index (κ3) is 4.11. The van der Waals surface area contributed by atoms with Crippen LogP contribution in [0.3, 0.4) is 0 Å². The Balaban J connectivity index is 1.32. The van der Waals surface area contributed by atoms with Gasteiger partial charge in [-0.3, -0.25) is 14.6 Å². The molecule has 32 heavy (non-hydrogen) atoms. The van der Waals surface area contributed by atoms with Crippen LogP contribution >= 0.6 is 11.6 Å². The maximum Gasteiger partial charge on any atom is 0.259 e. The summed E-state index contributed by atoms with van der Waals surface area (Å²) in [6.45, 7) is 3.76. The monoisotopic (exact) mass is 461 g/mol. The van der Waals surface area contributed by atoms with Crippen molar-refractivity contribution in [2.45, 2.75) is 51.2 Å². The lowest BCUT2D eigenvalue weighted by Crippen LogP contribution is -2.80. The van der Waals surface area contributed by atoms with Crippen LogP contribution in [-0.2, 0) is 16.0 Å². The van der Waals surface area contributed by atoms with Gasteiger partial charge in [0.1, 0.15) is 17.3 Å². The summed E-state index contributed by atoms with van der Waals surface area (Å²) in [5.41, 5.74) is 6.42. The van der Waals surface area contributed by atoms with Crippen molar-refractivity contribution in [1.82, 2.24) is 10.3 Å².